The predicted octanol–water partition coefficient (Wildman–Crippen LogP) is 3.19. The standard InChI is InChI=1S/C20H19ClN2O6S/c1-20(2,3)29-18(25)15-6-4-5-7-16(15)22-12-17(24)23(19(22)26)30(27,28)14-10-8-13(21)9-11-14/h4-12,24H,1-3H3. The van der Waals surface area contributed by atoms with E-state index < -0.39 is 33.2 Å². The molecule has 3 rings (SSSR count). The second kappa shape index (κ2) is 7.66. The molecule has 0 spiro atoms. The normalized spacial score (nSPS) is 12.0. The van der Waals surface area contributed by atoms with Gasteiger partial charge in [0, 0.05) is 5.02 Å². The molecule has 0 atom stereocenters. The van der Waals surface area contributed by atoms with Crippen LogP contribution in [0.3, 0.4) is 0 Å². The Balaban J connectivity index is 2.15. The van der Waals surface area contributed by atoms with E-state index in [9.17, 15) is 23.1 Å². The number of hydrogen-bond donors (Lipinski definition) is 1. The van der Waals surface area contributed by atoms with E-state index in [0.29, 0.717) is 5.02 Å². The summed E-state index contributed by atoms with van der Waals surface area (Å²) in [6, 6.07) is 11.2. The van der Waals surface area contributed by atoms with Crippen molar-refractivity contribution in [3.63, 3.8) is 0 Å². The smallest absolute Gasteiger partial charge is 0.350 e. The molecule has 158 valence electrons. The first-order chi connectivity index (χ1) is 13.9. The molecule has 0 saturated heterocycles. The Labute approximate surface area is 178 Å². The van der Waals surface area contributed by atoms with Crippen LogP contribution in [-0.2, 0) is 14.8 Å². The SMILES string of the molecule is CC(C)(C)OC(=O)c1ccccc1-n1cc(O)n(S(=O)(=O)c2ccc(Cl)cc2)c1=O. The van der Waals surface area contributed by atoms with Gasteiger partial charge in [-0.1, -0.05) is 23.7 Å². The molecule has 1 aromatic heterocycles. The van der Waals surface area contributed by atoms with Crippen LogP contribution in [0, 0.1) is 0 Å². The van der Waals surface area contributed by atoms with E-state index >= 15 is 0 Å². The number of para-hydroxylation sites is 1. The molecule has 8 nitrogen and oxygen atoms in total. The third-order valence-electron chi connectivity index (χ3n) is 3.97. The largest absolute Gasteiger partial charge is 0.493 e. The van der Waals surface area contributed by atoms with Gasteiger partial charge in [0.2, 0.25) is 5.88 Å². The minimum atomic E-state index is -4.41. The van der Waals surface area contributed by atoms with Crippen molar-refractivity contribution in [2.75, 3.05) is 0 Å². The van der Waals surface area contributed by atoms with E-state index in [2.05, 4.69) is 0 Å². The molecule has 0 aliphatic carbocycles. The minimum absolute atomic E-state index is 0.0376. The van der Waals surface area contributed by atoms with Crippen molar-refractivity contribution >= 4 is 27.6 Å². The Morgan fingerprint density at radius 2 is 1.67 bits per heavy atom. The molecular weight excluding hydrogens is 432 g/mol. The first kappa shape index (κ1) is 21.7. The monoisotopic (exact) mass is 450 g/mol. The van der Waals surface area contributed by atoms with E-state index in [-0.39, 0.29) is 20.1 Å². The number of nitrogens with zero attached hydrogens (tertiary/aromatic N) is 2. The Kier molecular flexibility index (Phi) is 5.53. The number of ether oxygens (including phenoxy) is 1. The summed E-state index contributed by atoms with van der Waals surface area (Å²) < 4.78 is 32.3. The number of halogens is 1. The van der Waals surface area contributed by atoms with E-state index in [1.807, 2.05) is 0 Å². The zero-order chi connectivity index (χ0) is 22.3. The number of esters is 1. The number of carbonyl (C=O) groups excluding carboxylic acids is 1. The second-order valence-electron chi connectivity index (χ2n) is 7.38. The summed E-state index contributed by atoms with van der Waals surface area (Å²) in [5.74, 6) is -1.51. The highest BCUT2D eigenvalue weighted by molar-refractivity contribution is 7.90. The second-order valence-corrected chi connectivity index (χ2v) is 9.61. The summed E-state index contributed by atoms with van der Waals surface area (Å²) >= 11 is 5.79. The summed E-state index contributed by atoms with van der Waals surface area (Å²) in [5, 5.41) is 10.6. The lowest BCUT2D eigenvalue weighted by molar-refractivity contribution is 0.00695. The topological polar surface area (TPSA) is 108 Å². The van der Waals surface area contributed by atoms with Gasteiger partial charge in [0.25, 0.3) is 10.0 Å². The zero-order valence-electron chi connectivity index (χ0n) is 16.4. The molecule has 2 aromatic carbocycles. The van der Waals surface area contributed by atoms with Gasteiger partial charge in [-0.25, -0.2) is 18.0 Å². The van der Waals surface area contributed by atoms with Gasteiger partial charge in [-0.2, -0.15) is 0 Å². The van der Waals surface area contributed by atoms with Crippen LogP contribution in [0.15, 0.2) is 64.4 Å². The lowest BCUT2D eigenvalue weighted by Gasteiger charge is -2.20. The highest BCUT2D eigenvalue weighted by Crippen LogP contribution is 2.23. The molecular formula is C20H19ClN2O6S. The molecule has 0 fully saturated rings. The zero-order valence-corrected chi connectivity index (χ0v) is 17.9. The summed E-state index contributed by atoms with van der Waals surface area (Å²) in [6.07, 6.45) is 0.930. The van der Waals surface area contributed by atoms with E-state index in [4.69, 9.17) is 16.3 Å². The van der Waals surface area contributed by atoms with Gasteiger partial charge in [0.05, 0.1) is 22.3 Å². The van der Waals surface area contributed by atoms with Crippen LogP contribution in [0.25, 0.3) is 5.69 Å². The molecule has 0 saturated carbocycles. The maximum absolute atomic E-state index is 12.9. The average Bonchev–Trinajstić information content (AvgIpc) is 2.95. The molecule has 10 heteroatoms. The Hall–Kier alpha value is -3.04. The van der Waals surface area contributed by atoms with Crippen molar-refractivity contribution < 1.29 is 23.1 Å². The van der Waals surface area contributed by atoms with Crippen LogP contribution in [0.4, 0.5) is 0 Å². The van der Waals surface area contributed by atoms with E-state index in [0.717, 1.165) is 10.8 Å². The number of aromatic nitrogens is 2. The Morgan fingerprint density at radius 3 is 2.27 bits per heavy atom. The molecule has 0 aliphatic heterocycles. The van der Waals surface area contributed by atoms with E-state index in [1.165, 1.54) is 36.4 Å². The van der Waals surface area contributed by atoms with Crippen molar-refractivity contribution in [3.8, 4) is 11.6 Å². The van der Waals surface area contributed by atoms with Gasteiger partial charge in [0.15, 0.2) is 0 Å². The quantitative estimate of drug-likeness (QED) is 0.611. The summed E-state index contributed by atoms with van der Waals surface area (Å²) in [4.78, 5) is 25.3. The van der Waals surface area contributed by atoms with Crippen LogP contribution < -0.4 is 5.69 Å². The highest BCUT2D eigenvalue weighted by atomic mass is 35.5. The number of aromatic hydroxyl groups is 1. The summed E-state index contributed by atoms with van der Waals surface area (Å²) in [7, 11) is -4.41. The van der Waals surface area contributed by atoms with Gasteiger partial charge in [-0.15, -0.1) is 3.97 Å². The average molecular weight is 451 g/mol. The summed E-state index contributed by atoms with van der Waals surface area (Å²) in [5.41, 5.74) is -1.74. The summed E-state index contributed by atoms with van der Waals surface area (Å²) in [6.45, 7) is 5.09. The lowest BCUT2D eigenvalue weighted by Crippen LogP contribution is -2.30. The van der Waals surface area contributed by atoms with Gasteiger partial charge in [-0.05, 0) is 57.2 Å². The van der Waals surface area contributed by atoms with Gasteiger partial charge in [-0.3, -0.25) is 4.57 Å². The number of imidazole rings is 1. The lowest BCUT2D eigenvalue weighted by atomic mass is 10.1. The van der Waals surface area contributed by atoms with Crippen LogP contribution >= 0.6 is 11.6 Å². The molecule has 0 unspecified atom stereocenters. The fourth-order valence-corrected chi connectivity index (χ4v) is 4.12. The fraction of sp³-hybridized carbons (Fsp3) is 0.200. The van der Waals surface area contributed by atoms with Crippen molar-refractivity contribution in [3.05, 3.63) is 75.8 Å². The fourth-order valence-electron chi connectivity index (χ4n) is 2.72. The van der Waals surface area contributed by atoms with Crippen LogP contribution in [-0.4, -0.2) is 33.6 Å². The molecule has 30 heavy (non-hydrogen) atoms. The highest BCUT2D eigenvalue weighted by Gasteiger charge is 2.28. The third kappa shape index (κ3) is 4.12. The maximum atomic E-state index is 12.9. The van der Waals surface area contributed by atoms with Crippen molar-refractivity contribution in [1.29, 1.82) is 0 Å². The van der Waals surface area contributed by atoms with Crippen molar-refractivity contribution in [2.45, 2.75) is 31.3 Å². The molecule has 0 bridgehead atoms. The number of benzene rings is 2. The predicted molar refractivity (Wildman–Crippen MR) is 111 cm³/mol. The van der Waals surface area contributed by atoms with Gasteiger partial charge in [0.1, 0.15) is 5.60 Å². The number of carbonyl (C=O) groups is 1. The number of hydrogen-bond acceptors (Lipinski definition) is 6. The Bertz CT molecular complexity index is 1270. The molecule has 0 aliphatic rings. The molecule has 1 N–H and O–H groups in total. The van der Waals surface area contributed by atoms with Crippen LogP contribution in [0.1, 0.15) is 31.1 Å². The van der Waals surface area contributed by atoms with Crippen molar-refractivity contribution in [1.82, 2.24) is 8.54 Å². The third-order valence-corrected chi connectivity index (χ3v) is 5.91. The van der Waals surface area contributed by atoms with Crippen LogP contribution in [0.5, 0.6) is 5.88 Å². The molecule has 0 amide bonds. The van der Waals surface area contributed by atoms with Gasteiger partial charge >= 0.3 is 11.7 Å². The van der Waals surface area contributed by atoms with Crippen molar-refractivity contribution in [2.24, 2.45) is 0 Å². The minimum Gasteiger partial charge on any atom is -0.493 e. The molecule has 1 heterocycles. The first-order valence-corrected chi connectivity index (χ1v) is 10.6. The number of rotatable bonds is 4. The Morgan fingerprint density at radius 1 is 1.07 bits per heavy atom. The van der Waals surface area contributed by atoms with Gasteiger partial charge < -0.3 is 9.84 Å². The molecule has 3 aromatic rings. The molecule has 0 radical (unpaired) electrons. The van der Waals surface area contributed by atoms with Crippen LogP contribution in [0.2, 0.25) is 5.02 Å². The maximum Gasteiger partial charge on any atom is 0.350 e. The van der Waals surface area contributed by atoms with E-state index in [1.54, 1.807) is 32.9 Å². The first-order valence-electron chi connectivity index (χ1n) is 8.79.